The zero-order valence-corrected chi connectivity index (χ0v) is 12.4. The number of pyridine rings is 1. The highest BCUT2D eigenvalue weighted by molar-refractivity contribution is 6.17. The first-order chi connectivity index (χ1) is 8.65. The number of anilines is 1. The highest BCUT2D eigenvalue weighted by atomic mass is 35.5. The van der Waals surface area contributed by atoms with Gasteiger partial charge in [0.25, 0.3) is 0 Å². The van der Waals surface area contributed by atoms with Gasteiger partial charge >= 0.3 is 0 Å². The van der Waals surface area contributed by atoms with E-state index in [1.54, 1.807) is 0 Å². The minimum Gasteiger partial charge on any atom is -0.354 e. The Kier molecular flexibility index (Phi) is 4.50. The Hall–Kier alpha value is -0.760. The van der Waals surface area contributed by atoms with Crippen LogP contribution in [-0.2, 0) is 5.88 Å². The van der Waals surface area contributed by atoms with Crippen molar-refractivity contribution >= 4 is 17.4 Å². The van der Waals surface area contributed by atoms with Gasteiger partial charge in [0.2, 0.25) is 0 Å². The molecular weight excluding hydrogens is 244 g/mol. The Morgan fingerprint density at radius 2 is 2.17 bits per heavy atom. The summed E-state index contributed by atoms with van der Waals surface area (Å²) in [4.78, 5) is 7.19. The van der Waals surface area contributed by atoms with E-state index in [4.69, 9.17) is 16.6 Å². The van der Waals surface area contributed by atoms with Gasteiger partial charge in [-0.3, -0.25) is 0 Å². The Morgan fingerprint density at radius 1 is 1.39 bits per heavy atom. The smallest absolute Gasteiger partial charge is 0.129 e. The van der Waals surface area contributed by atoms with Gasteiger partial charge in [-0.2, -0.15) is 0 Å². The summed E-state index contributed by atoms with van der Waals surface area (Å²) in [6.07, 6.45) is 3.89. The van der Waals surface area contributed by atoms with Crippen LogP contribution in [0.1, 0.15) is 44.4 Å². The first-order valence-electron chi connectivity index (χ1n) is 6.94. The van der Waals surface area contributed by atoms with Gasteiger partial charge in [0.05, 0.1) is 0 Å². The lowest BCUT2D eigenvalue weighted by Crippen LogP contribution is -2.42. The third kappa shape index (κ3) is 2.80. The number of nitrogens with zero attached hydrogens (tertiary/aromatic N) is 2. The zero-order valence-electron chi connectivity index (χ0n) is 11.6. The summed E-state index contributed by atoms with van der Waals surface area (Å²) >= 11 is 5.89. The normalized spacial score (nSPS) is 24.3. The maximum atomic E-state index is 5.89. The van der Waals surface area contributed by atoms with Gasteiger partial charge in [-0.05, 0) is 44.2 Å². The van der Waals surface area contributed by atoms with Gasteiger partial charge in [-0.1, -0.05) is 19.4 Å². The summed E-state index contributed by atoms with van der Waals surface area (Å²) in [5.41, 5.74) is 2.20. The van der Waals surface area contributed by atoms with Crippen molar-refractivity contribution in [3.05, 3.63) is 23.4 Å². The fourth-order valence-corrected chi connectivity index (χ4v) is 3.00. The highest BCUT2D eigenvalue weighted by Crippen LogP contribution is 2.28. The monoisotopic (exact) mass is 266 g/mol. The Labute approximate surface area is 115 Å². The van der Waals surface area contributed by atoms with E-state index in [9.17, 15) is 0 Å². The minimum absolute atomic E-state index is 0.548. The van der Waals surface area contributed by atoms with Crippen molar-refractivity contribution in [3.8, 4) is 0 Å². The molecule has 0 aliphatic carbocycles. The number of hydrogen-bond donors (Lipinski definition) is 0. The van der Waals surface area contributed by atoms with Gasteiger partial charge in [-0.15, -0.1) is 11.6 Å². The molecular formula is C15H23ClN2. The molecule has 100 valence electrons. The summed E-state index contributed by atoms with van der Waals surface area (Å²) in [6.45, 7) is 7.78. The quantitative estimate of drug-likeness (QED) is 0.765. The highest BCUT2D eigenvalue weighted by Gasteiger charge is 2.25. The third-order valence-corrected chi connectivity index (χ3v) is 4.46. The SMILES string of the molecule is CCC1CCC(C)N(c2ccc(CCl)c(C)n2)C1. The molecule has 1 fully saturated rings. The third-order valence-electron chi connectivity index (χ3n) is 4.18. The van der Waals surface area contributed by atoms with Crippen molar-refractivity contribution in [2.45, 2.75) is 52.0 Å². The van der Waals surface area contributed by atoms with Crippen LogP contribution in [-0.4, -0.2) is 17.6 Å². The molecule has 0 aromatic carbocycles. The average Bonchev–Trinajstić information content (AvgIpc) is 2.39. The molecule has 2 heterocycles. The lowest BCUT2D eigenvalue weighted by Gasteiger charge is -2.38. The van der Waals surface area contributed by atoms with E-state index in [-0.39, 0.29) is 0 Å². The molecule has 18 heavy (non-hydrogen) atoms. The predicted molar refractivity (Wildman–Crippen MR) is 78.4 cm³/mol. The molecule has 0 bridgehead atoms. The van der Waals surface area contributed by atoms with Crippen LogP contribution in [0.3, 0.4) is 0 Å². The predicted octanol–water partition coefficient (Wildman–Crippen LogP) is 4.14. The molecule has 1 aromatic heterocycles. The number of rotatable bonds is 3. The molecule has 3 heteroatoms. The van der Waals surface area contributed by atoms with Gasteiger partial charge in [0, 0.05) is 24.2 Å². The molecule has 0 saturated carbocycles. The number of aromatic nitrogens is 1. The topological polar surface area (TPSA) is 16.1 Å². The molecule has 1 aromatic rings. The minimum atomic E-state index is 0.548. The van der Waals surface area contributed by atoms with E-state index in [2.05, 4.69) is 30.9 Å². The van der Waals surface area contributed by atoms with Crippen LogP contribution in [0.15, 0.2) is 12.1 Å². The van der Waals surface area contributed by atoms with Crippen molar-refractivity contribution in [3.63, 3.8) is 0 Å². The van der Waals surface area contributed by atoms with Crippen molar-refractivity contribution in [1.82, 2.24) is 4.98 Å². The van der Waals surface area contributed by atoms with Gasteiger partial charge in [0.1, 0.15) is 5.82 Å². The van der Waals surface area contributed by atoms with Crippen LogP contribution in [0.4, 0.5) is 5.82 Å². The maximum Gasteiger partial charge on any atom is 0.129 e. The molecule has 1 aliphatic heterocycles. The van der Waals surface area contributed by atoms with E-state index in [1.807, 2.05) is 6.92 Å². The summed E-state index contributed by atoms with van der Waals surface area (Å²) in [5.74, 6) is 2.48. The van der Waals surface area contributed by atoms with Gasteiger partial charge in [-0.25, -0.2) is 4.98 Å². The van der Waals surface area contributed by atoms with E-state index in [0.29, 0.717) is 11.9 Å². The number of alkyl halides is 1. The lowest BCUT2D eigenvalue weighted by atomic mass is 9.91. The average molecular weight is 267 g/mol. The Balaban J connectivity index is 2.21. The first-order valence-corrected chi connectivity index (χ1v) is 7.48. The van der Waals surface area contributed by atoms with E-state index in [1.165, 1.54) is 19.3 Å². The second-order valence-electron chi connectivity index (χ2n) is 5.40. The van der Waals surface area contributed by atoms with Crippen LogP contribution in [0.5, 0.6) is 0 Å². The summed E-state index contributed by atoms with van der Waals surface area (Å²) in [6, 6.07) is 4.84. The van der Waals surface area contributed by atoms with Gasteiger partial charge < -0.3 is 4.90 Å². The van der Waals surface area contributed by atoms with Crippen molar-refractivity contribution in [2.75, 3.05) is 11.4 Å². The molecule has 0 radical (unpaired) electrons. The van der Waals surface area contributed by atoms with Crippen molar-refractivity contribution in [1.29, 1.82) is 0 Å². The van der Waals surface area contributed by atoms with Crippen LogP contribution in [0.25, 0.3) is 0 Å². The van der Waals surface area contributed by atoms with E-state index < -0.39 is 0 Å². The van der Waals surface area contributed by atoms with Crippen LogP contribution in [0.2, 0.25) is 0 Å². The number of aryl methyl sites for hydroxylation is 1. The van der Waals surface area contributed by atoms with Crippen LogP contribution >= 0.6 is 11.6 Å². The Morgan fingerprint density at radius 3 is 2.78 bits per heavy atom. The molecule has 0 amide bonds. The lowest BCUT2D eigenvalue weighted by molar-refractivity contribution is 0.357. The number of piperidine rings is 1. The molecule has 0 spiro atoms. The zero-order chi connectivity index (χ0) is 13.1. The Bertz CT molecular complexity index is 405. The summed E-state index contributed by atoms with van der Waals surface area (Å²) in [5, 5.41) is 0. The number of hydrogen-bond acceptors (Lipinski definition) is 2. The molecule has 2 nitrogen and oxygen atoms in total. The fraction of sp³-hybridized carbons (Fsp3) is 0.667. The van der Waals surface area contributed by atoms with Crippen LogP contribution < -0.4 is 4.90 Å². The molecule has 2 unspecified atom stereocenters. The van der Waals surface area contributed by atoms with Crippen molar-refractivity contribution in [2.24, 2.45) is 5.92 Å². The molecule has 1 saturated heterocycles. The molecule has 1 aliphatic rings. The fourth-order valence-electron chi connectivity index (χ4n) is 2.71. The van der Waals surface area contributed by atoms with E-state index in [0.717, 1.165) is 29.5 Å². The van der Waals surface area contributed by atoms with Crippen molar-refractivity contribution < 1.29 is 0 Å². The van der Waals surface area contributed by atoms with E-state index >= 15 is 0 Å². The second-order valence-corrected chi connectivity index (χ2v) is 5.67. The molecule has 2 rings (SSSR count). The summed E-state index contributed by atoms with van der Waals surface area (Å²) in [7, 11) is 0. The largest absolute Gasteiger partial charge is 0.354 e. The standard InChI is InChI=1S/C15H23ClN2/c1-4-13-6-5-11(2)18(10-13)15-8-7-14(9-16)12(3)17-15/h7-8,11,13H,4-6,9-10H2,1-3H3. The molecule has 2 atom stereocenters. The van der Waals surface area contributed by atoms with Gasteiger partial charge in [0.15, 0.2) is 0 Å². The molecule has 0 N–H and O–H groups in total. The first kappa shape index (κ1) is 13.7. The summed E-state index contributed by atoms with van der Waals surface area (Å²) < 4.78 is 0. The number of halogens is 1. The van der Waals surface area contributed by atoms with Crippen LogP contribution in [0, 0.1) is 12.8 Å². The second kappa shape index (κ2) is 5.92. The maximum absolute atomic E-state index is 5.89.